The molecule has 0 bridgehead atoms. The Morgan fingerprint density at radius 3 is 2.81 bits per heavy atom. The van der Waals surface area contributed by atoms with Crippen LogP contribution in [-0.4, -0.2) is 20.8 Å². The molecule has 3 aromatic rings. The lowest BCUT2D eigenvalue weighted by molar-refractivity contribution is 0.148. The zero-order valence-electron chi connectivity index (χ0n) is 11.7. The maximum absolute atomic E-state index is 12.4. The summed E-state index contributed by atoms with van der Waals surface area (Å²) in [5.41, 5.74) is 1.71. The topological polar surface area (TPSA) is 55.1 Å². The zero-order valence-corrected chi connectivity index (χ0v) is 12.5. The number of thiophene rings is 1. The van der Waals surface area contributed by atoms with Gasteiger partial charge in [0.2, 0.25) is 0 Å². The van der Waals surface area contributed by atoms with E-state index in [9.17, 15) is 9.90 Å². The van der Waals surface area contributed by atoms with Gasteiger partial charge < -0.3 is 5.11 Å². The van der Waals surface area contributed by atoms with E-state index in [0.29, 0.717) is 16.6 Å². The zero-order chi connectivity index (χ0) is 14.8. The van der Waals surface area contributed by atoms with E-state index in [0.717, 1.165) is 10.4 Å². The van der Waals surface area contributed by atoms with E-state index < -0.39 is 6.10 Å². The molecule has 0 radical (unpaired) electrons. The van der Waals surface area contributed by atoms with Crippen LogP contribution in [0.15, 0.2) is 47.5 Å². The maximum atomic E-state index is 12.4. The second kappa shape index (κ2) is 5.79. The van der Waals surface area contributed by atoms with E-state index in [4.69, 9.17) is 0 Å². The lowest BCUT2D eigenvalue weighted by Gasteiger charge is -2.09. The second-order valence-corrected chi connectivity index (χ2v) is 6.01. The molecule has 2 heterocycles. The minimum atomic E-state index is -0.518. The average molecular weight is 300 g/mol. The highest BCUT2D eigenvalue weighted by atomic mass is 32.1. The van der Waals surface area contributed by atoms with Crippen LogP contribution in [0, 0.1) is 0 Å². The number of nitrogens with zero attached hydrogens (tertiary/aromatic N) is 2. The smallest absolute Gasteiger partial charge is 0.271 e. The summed E-state index contributed by atoms with van der Waals surface area (Å²) < 4.78 is 2.13. The molecule has 0 saturated carbocycles. The Morgan fingerprint density at radius 1 is 1.33 bits per heavy atom. The standard InChI is InChI=1S/C16H16N2O2S/c1-2-12(19)9-18-10-17-13-8-14(21-15(13)16(18)20)11-6-4-3-5-7-11/h3-8,10,12,19H,2,9H2,1H3/t12-/m0/s1. The van der Waals surface area contributed by atoms with Gasteiger partial charge in [-0.1, -0.05) is 37.3 Å². The van der Waals surface area contributed by atoms with Crippen molar-refractivity contribution in [3.63, 3.8) is 0 Å². The van der Waals surface area contributed by atoms with Gasteiger partial charge in [-0.05, 0) is 18.1 Å². The van der Waals surface area contributed by atoms with Crippen molar-refractivity contribution in [3.05, 3.63) is 53.1 Å². The molecule has 0 aliphatic rings. The Balaban J connectivity index is 2.06. The molecule has 3 rings (SSSR count). The van der Waals surface area contributed by atoms with Gasteiger partial charge in [-0.25, -0.2) is 4.98 Å². The number of hydrogen-bond acceptors (Lipinski definition) is 4. The lowest BCUT2D eigenvalue weighted by atomic mass is 10.2. The molecule has 0 fully saturated rings. The minimum Gasteiger partial charge on any atom is -0.391 e. The van der Waals surface area contributed by atoms with Gasteiger partial charge in [0, 0.05) is 4.88 Å². The highest BCUT2D eigenvalue weighted by Crippen LogP contribution is 2.30. The number of benzene rings is 1. The van der Waals surface area contributed by atoms with Gasteiger partial charge >= 0.3 is 0 Å². The summed E-state index contributed by atoms with van der Waals surface area (Å²) in [6.45, 7) is 2.18. The van der Waals surface area contributed by atoms with Crippen molar-refractivity contribution >= 4 is 21.6 Å². The van der Waals surface area contributed by atoms with Crippen LogP contribution in [0.2, 0.25) is 0 Å². The summed E-state index contributed by atoms with van der Waals surface area (Å²) in [5.74, 6) is 0. The van der Waals surface area contributed by atoms with E-state index in [1.807, 2.05) is 43.3 Å². The van der Waals surface area contributed by atoms with Crippen LogP contribution in [0.3, 0.4) is 0 Å². The molecule has 108 valence electrons. The van der Waals surface area contributed by atoms with E-state index >= 15 is 0 Å². The number of rotatable bonds is 4. The quantitative estimate of drug-likeness (QED) is 0.806. The van der Waals surface area contributed by atoms with E-state index in [-0.39, 0.29) is 12.1 Å². The Morgan fingerprint density at radius 2 is 2.10 bits per heavy atom. The van der Waals surface area contributed by atoms with Gasteiger partial charge in [0.05, 0.1) is 24.5 Å². The van der Waals surface area contributed by atoms with Gasteiger partial charge in [-0.2, -0.15) is 0 Å². The highest BCUT2D eigenvalue weighted by Gasteiger charge is 2.11. The number of hydrogen-bond donors (Lipinski definition) is 1. The summed E-state index contributed by atoms with van der Waals surface area (Å²) in [4.78, 5) is 17.8. The third kappa shape index (κ3) is 2.75. The number of aliphatic hydroxyl groups is 1. The third-order valence-corrected chi connectivity index (χ3v) is 4.60. The summed E-state index contributed by atoms with van der Waals surface area (Å²) in [6, 6.07) is 11.9. The van der Waals surface area contributed by atoms with Crippen molar-refractivity contribution in [1.29, 1.82) is 0 Å². The van der Waals surface area contributed by atoms with Crippen LogP contribution in [0.4, 0.5) is 0 Å². The Labute approximate surface area is 126 Å². The molecule has 4 nitrogen and oxygen atoms in total. The molecule has 0 unspecified atom stereocenters. The first-order chi connectivity index (χ1) is 10.2. The van der Waals surface area contributed by atoms with Gasteiger partial charge in [-0.15, -0.1) is 11.3 Å². The van der Waals surface area contributed by atoms with Crippen molar-refractivity contribution in [1.82, 2.24) is 9.55 Å². The normalized spacial score (nSPS) is 12.7. The van der Waals surface area contributed by atoms with Crippen LogP contribution < -0.4 is 5.56 Å². The Bertz CT molecular complexity index is 808. The van der Waals surface area contributed by atoms with Crippen molar-refractivity contribution in [2.75, 3.05) is 0 Å². The van der Waals surface area contributed by atoms with Crippen molar-refractivity contribution < 1.29 is 5.11 Å². The molecule has 1 aromatic carbocycles. The molecule has 0 aliphatic carbocycles. The largest absolute Gasteiger partial charge is 0.391 e. The molecule has 5 heteroatoms. The molecule has 0 spiro atoms. The molecule has 0 amide bonds. The van der Waals surface area contributed by atoms with E-state index in [1.54, 1.807) is 0 Å². The summed E-state index contributed by atoms with van der Waals surface area (Å²) >= 11 is 1.45. The molecular weight excluding hydrogens is 284 g/mol. The maximum Gasteiger partial charge on any atom is 0.271 e. The van der Waals surface area contributed by atoms with Gasteiger partial charge in [0.25, 0.3) is 5.56 Å². The van der Waals surface area contributed by atoms with Crippen molar-refractivity contribution in [2.45, 2.75) is 26.0 Å². The van der Waals surface area contributed by atoms with Crippen molar-refractivity contribution in [3.8, 4) is 10.4 Å². The fourth-order valence-electron chi connectivity index (χ4n) is 2.18. The molecular formula is C16H16N2O2S. The molecule has 21 heavy (non-hydrogen) atoms. The van der Waals surface area contributed by atoms with Crippen LogP contribution >= 0.6 is 11.3 Å². The highest BCUT2D eigenvalue weighted by molar-refractivity contribution is 7.22. The van der Waals surface area contributed by atoms with Gasteiger partial charge in [0.1, 0.15) is 4.70 Å². The van der Waals surface area contributed by atoms with E-state index in [1.165, 1.54) is 22.2 Å². The molecule has 1 atom stereocenters. The molecule has 0 aliphatic heterocycles. The van der Waals surface area contributed by atoms with Crippen LogP contribution in [0.5, 0.6) is 0 Å². The monoisotopic (exact) mass is 300 g/mol. The molecule has 2 aromatic heterocycles. The second-order valence-electron chi connectivity index (χ2n) is 4.96. The average Bonchev–Trinajstić information content (AvgIpc) is 2.96. The van der Waals surface area contributed by atoms with Crippen LogP contribution in [-0.2, 0) is 6.54 Å². The first-order valence-corrected chi connectivity index (χ1v) is 7.73. The molecule has 1 N–H and O–H groups in total. The van der Waals surface area contributed by atoms with Crippen LogP contribution in [0.1, 0.15) is 13.3 Å². The van der Waals surface area contributed by atoms with E-state index in [2.05, 4.69) is 4.98 Å². The molecule has 0 saturated heterocycles. The first kappa shape index (κ1) is 14.0. The predicted molar refractivity (Wildman–Crippen MR) is 85.6 cm³/mol. The van der Waals surface area contributed by atoms with Crippen LogP contribution in [0.25, 0.3) is 20.7 Å². The number of fused-ring (bicyclic) bond motifs is 1. The summed E-state index contributed by atoms with van der Waals surface area (Å²) in [5, 5.41) is 9.71. The fourth-order valence-corrected chi connectivity index (χ4v) is 3.24. The van der Waals surface area contributed by atoms with Crippen molar-refractivity contribution in [2.24, 2.45) is 0 Å². The summed E-state index contributed by atoms with van der Waals surface area (Å²) in [6.07, 6.45) is 1.62. The van der Waals surface area contributed by atoms with Gasteiger partial charge in [0.15, 0.2) is 0 Å². The fraction of sp³-hybridized carbons (Fsp3) is 0.250. The number of aromatic nitrogens is 2. The summed E-state index contributed by atoms with van der Waals surface area (Å²) in [7, 11) is 0. The third-order valence-electron chi connectivity index (χ3n) is 3.44. The Hall–Kier alpha value is -1.98. The predicted octanol–water partition coefficient (Wildman–Crippen LogP) is 2.90. The SMILES string of the molecule is CC[C@H](O)Cn1cnc2cc(-c3ccccc3)sc2c1=O. The number of aliphatic hydroxyl groups excluding tert-OH is 1. The first-order valence-electron chi connectivity index (χ1n) is 6.91. The lowest BCUT2D eigenvalue weighted by Crippen LogP contribution is -2.25. The van der Waals surface area contributed by atoms with Gasteiger partial charge in [-0.3, -0.25) is 9.36 Å². The minimum absolute atomic E-state index is 0.0836. The Kier molecular flexibility index (Phi) is 3.86.